The minimum Gasteiger partial charge on any atom is -0.455 e. The third kappa shape index (κ3) is 6.64. The van der Waals surface area contributed by atoms with Crippen LogP contribution in [0.4, 0.5) is 10.5 Å². The van der Waals surface area contributed by atoms with Crippen molar-refractivity contribution in [3.05, 3.63) is 53.6 Å². The normalized spacial score (nSPS) is 13.0. The third-order valence-electron chi connectivity index (χ3n) is 3.52. The number of anilines is 1. The van der Waals surface area contributed by atoms with Crippen LogP contribution in [-0.4, -0.2) is 23.8 Å². The Morgan fingerprint density at radius 3 is 2.60 bits per heavy atom. The molecule has 3 N–H and O–H groups in total. The van der Waals surface area contributed by atoms with Crippen LogP contribution in [0.5, 0.6) is 11.5 Å². The second kappa shape index (κ2) is 9.30. The molecule has 0 bridgehead atoms. The second-order valence-corrected chi connectivity index (χ2v) is 6.52. The number of ether oxygens (including phenoxy) is 1. The third-order valence-corrected chi connectivity index (χ3v) is 3.75. The quantitative estimate of drug-likeness (QED) is 0.670. The summed E-state index contributed by atoms with van der Waals surface area (Å²) in [5.41, 5.74) is 0.483. The minimum atomic E-state index is -0.390. The van der Waals surface area contributed by atoms with Crippen LogP contribution >= 0.6 is 11.6 Å². The number of hydrogen-bond acceptors (Lipinski definition) is 3. The monoisotopic (exact) mass is 362 g/mol. The summed E-state index contributed by atoms with van der Waals surface area (Å²) in [6, 6.07) is 14.0. The summed E-state index contributed by atoms with van der Waals surface area (Å²) in [6.45, 7) is 4.16. The van der Waals surface area contributed by atoms with Gasteiger partial charge in [0, 0.05) is 11.6 Å². The van der Waals surface area contributed by atoms with Gasteiger partial charge in [0.2, 0.25) is 0 Å². The van der Waals surface area contributed by atoms with Gasteiger partial charge in [-0.2, -0.15) is 0 Å². The van der Waals surface area contributed by atoms with E-state index in [1.165, 1.54) is 0 Å². The maximum absolute atomic E-state index is 12.1. The Morgan fingerprint density at radius 2 is 1.92 bits per heavy atom. The van der Waals surface area contributed by atoms with Gasteiger partial charge in [0.05, 0.1) is 11.8 Å². The fraction of sp³-hybridized carbons (Fsp3) is 0.316. The van der Waals surface area contributed by atoms with Crippen LogP contribution in [0.1, 0.15) is 20.3 Å². The summed E-state index contributed by atoms with van der Waals surface area (Å²) >= 11 is 6.03. The number of carbonyl (C=O) groups excluding carboxylic acids is 1. The zero-order chi connectivity index (χ0) is 18.2. The Labute approximate surface area is 153 Å². The molecule has 134 valence electrons. The fourth-order valence-corrected chi connectivity index (χ4v) is 2.58. The Kier molecular flexibility index (Phi) is 7.10. The number of halogens is 1. The molecule has 0 aliphatic rings. The lowest BCUT2D eigenvalue weighted by Gasteiger charge is -2.16. The average molecular weight is 363 g/mol. The Bertz CT molecular complexity index is 692. The number of carbonyl (C=O) groups is 1. The smallest absolute Gasteiger partial charge is 0.319 e. The molecule has 2 atom stereocenters. The molecule has 0 spiro atoms. The van der Waals surface area contributed by atoms with Gasteiger partial charge in [-0.1, -0.05) is 36.7 Å². The van der Waals surface area contributed by atoms with Gasteiger partial charge in [-0.05, 0) is 49.6 Å². The van der Waals surface area contributed by atoms with Gasteiger partial charge in [-0.25, -0.2) is 4.79 Å². The van der Waals surface area contributed by atoms with E-state index < -0.39 is 6.10 Å². The summed E-state index contributed by atoms with van der Waals surface area (Å²) in [6.07, 6.45) is 0.235. The van der Waals surface area contributed by atoms with Gasteiger partial charge in [0.1, 0.15) is 5.75 Å². The summed E-state index contributed by atoms with van der Waals surface area (Å²) in [4.78, 5) is 12.1. The molecule has 0 saturated carbocycles. The molecular weight excluding hydrogens is 340 g/mol. The maximum Gasteiger partial charge on any atom is 0.319 e. The predicted molar refractivity (Wildman–Crippen MR) is 100 cm³/mol. The highest BCUT2D eigenvalue weighted by Gasteiger charge is 2.12. The number of urea groups is 1. The highest BCUT2D eigenvalue weighted by Crippen LogP contribution is 2.31. The van der Waals surface area contributed by atoms with Gasteiger partial charge in [0.15, 0.2) is 5.75 Å². The van der Waals surface area contributed by atoms with Gasteiger partial charge in [0.25, 0.3) is 0 Å². The fourth-order valence-electron chi connectivity index (χ4n) is 2.40. The number of rotatable bonds is 7. The standard InChI is InChI=1S/C19H23ClN2O3/c1-13(10-14(2)23)12-21-19(24)22-17-11-15(20)8-9-18(17)25-16-6-4-3-5-7-16/h3-9,11,13-14,23H,10,12H2,1-2H3,(H2,21,22,24). The number of para-hydroxylation sites is 1. The van der Waals surface area contributed by atoms with Gasteiger partial charge in [-0.3, -0.25) is 0 Å². The van der Waals surface area contributed by atoms with Crippen molar-refractivity contribution in [3.63, 3.8) is 0 Å². The van der Waals surface area contributed by atoms with Crippen molar-refractivity contribution in [1.29, 1.82) is 0 Å². The van der Waals surface area contributed by atoms with Crippen LogP contribution < -0.4 is 15.4 Å². The van der Waals surface area contributed by atoms with E-state index in [2.05, 4.69) is 10.6 Å². The maximum atomic E-state index is 12.1. The molecule has 0 aromatic heterocycles. The number of aliphatic hydroxyl groups excluding tert-OH is 1. The van der Waals surface area contributed by atoms with E-state index >= 15 is 0 Å². The summed E-state index contributed by atoms with van der Waals surface area (Å²) < 4.78 is 5.81. The molecule has 25 heavy (non-hydrogen) atoms. The van der Waals surface area contributed by atoms with E-state index in [0.29, 0.717) is 35.2 Å². The molecule has 2 aromatic rings. The molecule has 2 unspecified atom stereocenters. The van der Waals surface area contributed by atoms with Crippen LogP contribution in [-0.2, 0) is 0 Å². The molecule has 2 rings (SSSR count). The van der Waals surface area contributed by atoms with E-state index in [-0.39, 0.29) is 11.9 Å². The first-order valence-corrected chi connectivity index (χ1v) is 8.57. The number of aliphatic hydroxyl groups is 1. The van der Waals surface area contributed by atoms with Crippen LogP contribution in [0.15, 0.2) is 48.5 Å². The molecule has 5 nitrogen and oxygen atoms in total. The van der Waals surface area contributed by atoms with Gasteiger partial charge < -0.3 is 20.5 Å². The lowest BCUT2D eigenvalue weighted by molar-refractivity contribution is 0.163. The zero-order valence-electron chi connectivity index (χ0n) is 14.3. The highest BCUT2D eigenvalue weighted by atomic mass is 35.5. The SMILES string of the molecule is CC(O)CC(C)CNC(=O)Nc1cc(Cl)ccc1Oc1ccccc1. The Balaban J connectivity index is 2.00. The average Bonchev–Trinajstić information content (AvgIpc) is 2.56. The predicted octanol–water partition coefficient (Wildman–Crippen LogP) is 4.66. The molecule has 0 saturated heterocycles. The van der Waals surface area contributed by atoms with Gasteiger partial charge in [-0.15, -0.1) is 0 Å². The van der Waals surface area contributed by atoms with Crippen LogP contribution in [0.2, 0.25) is 5.02 Å². The largest absolute Gasteiger partial charge is 0.455 e. The molecule has 2 amide bonds. The van der Waals surface area contributed by atoms with Crippen LogP contribution in [0.25, 0.3) is 0 Å². The van der Waals surface area contributed by atoms with Crippen molar-refractivity contribution in [2.24, 2.45) is 5.92 Å². The zero-order valence-corrected chi connectivity index (χ0v) is 15.1. The molecule has 0 radical (unpaired) electrons. The molecule has 0 aliphatic carbocycles. The van der Waals surface area contributed by atoms with Crippen LogP contribution in [0, 0.1) is 5.92 Å². The first-order chi connectivity index (χ1) is 11.9. The number of nitrogens with one attached hydrogen (secondary N) is 2. The van der Waals surface area contributed by atoms with E-state index in [4.69, 9.17) is 16.3 Å². The Morgan fingerprint density at radius 1 is 1.20 bits per heavy atom. The molecule has 2 aromatic carbocycles. The molecular formula is C19H23ClN2O3. The van der Waals surface area contributed by atoms with Crippen molar-refractivity contribution >= 4 is 23.3 Å². The van der Waals surface area contributed by atoms with E-state index in [0.717, 1.165) is 0 Å². The lowest BCUT2D eigenvalue weighted by Crippen LogP contribution is -2.33. The van der Waals surface area contributed by atoms with Crippen molar-refractivity contribution < 1.29 is 14.6 Å². The molecule has 0 aliphatic heterocycles. The Hall–Kier alpha value is -2.24. The second-order valence-electron chi connectivity index (χ2n) is 6.08. The van der Waals surface area contributed by atoms with E-state index in [1.807, 2.05) is 37.3 Å². The number of amides is 2. The molecule has 0 heterocycles. The summed E-state index contributed by atoms with van der Waals surface area (Å²) in [5, 5.41) is 15.4. The van der Waals surface area contributed by atoms with Crippen molar-refractivity contribution in [1.82, 2.24) is 5.32 Å². The van der Waals surface area contributed by atoms with Crippen molar-refractivity contribution in [3.8, 4) is 11.5 Å². The van der Waals surface area contributed by atoms with Crippen LogP contribution in [0.3, 0.4) is 0 Å². The summed E-state index contributed by atoms with van der Waals surface area (Å²) in [7, 11) is 0. The van der Waals surface area contributed by atoms with Crippen molar-refractivity contribution in [2.45, 2.75) is 26.4 Å². The lowest BCUT2D eigenvalue weighted by atomic mass is 10.1. The first-order valence-electron chi connectivity index (χ1n) is 8.19. The number of benzene rings is 2. The number of hydrogen-bond donors (Lipinski definition) is 3. The van der Waals surface area contributed by atoms with Crippen molar-refractivity contribution in [2.75, 3.05) is 11.9 Å². The van der Waals surface area contributed by atoms with E-state index in [9.17, 15) is 9.90 Å². The molecule has 6 heteroatoms. The van der Waals surface area contributed by atoms with E-state index in [1.54, 1.807) is 25.1 Å². The van der Waals surface area contributed by atoms with Gasteiger partial charge >= 0.3 is 6.03 Å². The highest BCUT2D eigenvalue weighted by molar-refractivity contribution is 6.31. The minimum absolute atomic E-state index is 0.171. The topological polar surface area (TPSA) is 70.6 Å². The first kappa shape index (κ1) is 19.1. The summed E-state index contributed by atoms with van der Waals surface area (Å²) in [5.74, 6) is 1.34. The molecule has 0 fully saturated rings.